The Morgan fingerprint density at radius 2 is 1.48 bits per heavy atom. The largest absolute Gasteiger partial charge is 0.478 e. The van der Waals surface area contributed by atoms with E-state index in [-0.39, 0.29) is 31.6 Å². The van der Waals surface area contributed by atoms with Crippen molar-refractivity contribution < 1.29 is 19.5 Å². The van der Waals surface area contributed by atoms with Gasteiger partial charge in [0.15, 0.2) is 5.78 Å². The van der Waals surface area contributed by atoms with Crippen LogP contribution in [0.15, 0.2) is 57.9 Å². The summed E-state index contributed by atoms with van der Waals surface area (Å²) >= 11 is 28.7. The highest BCUT2D eigenvalue weighted by Crippen LogP contribution is 2.41. The molecule has 0 aromatic heterocycles. The maximum atomic E-state index is 12.9. The molecule has 3 aromatic rings. The molecule has 1 amide bonds. The number of amides is 1. The van der Waals surface area contributed by atoms with Crippen LogP contribution in [-0.2, 0) is 0 Å². The van der Waals surface area contributed by atoms with Gasteiger partial charge in [0.2, 0.25) is 0 Å². The maximum absolute atomic E-state index is 12.9. The van der Waals surface area contributed by atoms with Crippen molar-refractivity contribution in [1.29, 1.82) is 0 Å². The first-order valence-corrected chi connectivity index (χ1v) is 12.3. The Bertz CT molecular complexity index is 1270. The predicted molar refractivity (Wildman–Crippen MR) is 137 cm³/mol. The van der Waals surface area contributed by atoms with E-state index in [4.69, 9.17) is 46.4 Å². The second-order valence-corrected chi connectivity index (χ2v) is 9.99. The number of ketones is 1. The van der Waals surface area contributed by atoms with Crippen molar-refractivity contribution in [2.45, 2.75) is 4.90 Å². The van der Waals surface area contributed by atoms with E-state index >= 15 is 0 Å². The number of aromatic carboxylic acids is 1. The molecule has 0 saturated carbocycles. The number of hydrogen-bond donors (Lipinski definition) is 2. The molecule has 2 N–H and O–H groups in total. The van der Waals surface area contributed by atoms with Gasteiger partial charge in [-0.05, 0) is 30.3 Å². The predicted octanol–water partition coefficient (Wildman–Crippen LogP) is 7.99. The molecule has 0 aliphatic carbocycles. The van der Waals surface area contributed by atoms with Gasteiger partial charge < -0.3 is 10.4 Å². The normalized spacial score (nSPS) is 10.7. The van der Waals surface area contributed by atoms with E-state index in [0.29, 0.717) is 11.3 Å². The molecular formula is C22H12BrCl4NO4S. The van der Waals surface area contributed by atoms with E-state index in [0.717, 1.165) is 9.37 Å². The molecule has 0 radical (unpaired) electrons. The third-order valence-corrected chi connectivity index (χ3v) is 7.66. The molecule has 170 valence electrons. The maximum Gasteiger partial charge on any atom is 0.338 e. The van der Waals surface area contributed by atoms with Crippen LogP contribution in [0.1, 0.15) is 31.1 Å². The van der Waals surface area contributed by atoms with E-state index in [1.165, 1.54) is 11.8 Å². The summed E-state index contributed by atoms with van der Waals surface area (Å²) in [7, 11) is 0. The smallest absolute Gasteiger partial charge is 0.338 e. The van der Waals surface area contributed by atoms with Crippen LogP contribution < -0.4 is 5.32 Å². The molecule has 0 saturated heterocycles. The number of anilines is 1. The standard InChI is InChI=1S/C22H12BrCl4NO4S/c23-11-6-4-10(5-7-11)14(29)9-33-13-3-1-2-12(8-13)28-21(30)15-16(22(31)32)18(25)20(27)19(26)17(15)24/h1-8H,9H2,(H,28,30)(H,31,32). The van der Waals surface area contributed by atoms with Crippen LogP contribution in [0.25, 0.3) is 0 Å². The number of rotatable bonds is 7. The van der Waals surface area contributed by atoms with Gasteiger partial charge in [-0.1, -0.05) is 80.5 Å². The molecule has 3 rings (SSSR count). The lowest BCUT2D eigenvalue weighted by molar-refractivity contribution is 0.0692. The van der Waals surface area contributed by atoms with Crippen LogP contribution in [-0.4, -0.2) is 28.5 Å². The molecule has 5 nitrogen and oxygen atoms in total. The highest BCUT2D eigenvalue weighted by Gasteiger charge is 2.29. The molecule has 11 heteroatoms. The first kappa shape index (κ1) is 25.9. The Balaban J connectivity index is 1.79. The zero-order valence-corrected chi connectivity index (χ0v) is 21.7. The van der Waals surface area contributed by atoms with Crippen LogP contribution in [0, 0.1) is 0 Å². The number of carboxylic acids is 1. The zero-order chi connectivity index (χ0) is 24.3. The molecule has 0 heterocycles. The number of Topliss-reactive ketones (excluding diaryl/α,β-unsaturated/α-hetero) is 1. The molecule has 0 bridgehead atoms. The fraction of sp³-hybridized carbons (Fsp3) is 0.0455. The topological polar surface area (TPSA) is 83.5 Å². The van der Waals surface area contributed by atoms with Crippen molar-refractivity contribution in [1.82, 2.24) is 0 Å². The minimum Gasteiger partial charge on any atom is -0.478 e. The Morgan fingerprint density at radius 3 is 2.09 bits per heavy atom. The van der Waals surface area contributed by atoms with Crippen molar-refractivity contribution in [3.8, 4) is 0 Å². The van der Waals surface area contributed by atoms with Crippen molar-refractivity contribution in [2.24, 2.45) is 0 Å². The van der Waals surface area contributed by atoms with Crippen LogP contribution >= 0.6 is 74.1 Å². The number of thioether (sulfide) groups is 1. The van der Waals surface area contributed by atoms with Crippen LogP contribution in [0.3, 0.4) is 0 Å². The van der Waals surface area contributed by atoms with Crippen molar-refractivity contribution in [3.63, 3.8) is 0 Å². The second kappa shape index (κ2) is 11.1. The van der Waals surface area contributed by atoms with Gasteiger partial charge in [0.1, 0.15) is 0 Å². The lowest BCUT2D eigenvalue weighted by Gasteiger charge is -2.14. The average molecular weight is 608 g/mol. The third-order valence-electron chi connectivity index (χ3n) is 4.34. The fourth-order valence-corrected chi connectivity index (χ4v) is 4.90. The quantitative estimate of drug-likeness (QED) is 0.123. The third kappa shape index (κ3) is 6.04. The first-order chi connectivity index (χ1) is 15.6. The van der Waals surface area contributed by atoms with Gasteiger partial charge in [-0.2, -0.15) is 0 Å². The Kier molecular flexibility index (Phi) is 8.72. The molecular weight excluding hydrogens is 596 g/mol. The molecule has 0 spiro atoms. The van der Waals surface area contributed by atoms with Gasteiger partial charge >= 0.3 is 5.97 Å². The monoisotopic (exact) mass is 605 g/mol. The van der Waals surface area contributed by atoms with Gasteiger partial charge in [0.25, 0.3) is 5.91 Å². The van der Waals surface area contributed by atoms with Crippen LogP contribution in [0.5, 0.6) is 0 Å². The summed E-state index contributed by atoms with van der Waals surface area (Å²) in [5, 5.41) is 10.9. The zero-order valence-electron chi connectivity index (χ0n) is 16.3. The highest BCUT2D eigenvalue weighted by atomic mass is 79.9. The minimum absolute atomic E-state index is 0.0507. The van der Waals surface area contributed by atoms with E-state index in [2.05, 4.69) is 21.2 Å². The summed E-state index contributed by atoms with van der Waals surface area (Å²) in [6.07, 6.45) is 0. The van der Waals surface area contributed by atoms with Crippen molar-refractivity contribution >= 4 is 97.4 Å². The molecule has 33 heavy (non-hydrogen) atoms. The Morgan fingerprint density at radius 1 is 0.879 bits per heavy atom. The van der Waals surface area contributed by atoms with Crippen LogP contribution in [0.2, 0.25) is 20.1 Å². The molecule has 0 aliphatic rings. The minimum atomic E-state index is -1.48. The van der Waals surface area contributed by atoms with E-state index in [1.807, 2.05) is 0 Å². The lowest BCUT2D eigenvalue weighted by Crippen LogP contribution is -2.18. The lowest BCUT2D eigenvalue weighted by atomic mass is 10.1. The molecule has 0 fully saturated rings. The summed E-state index contributed by atoms with van der Waals surface area (Å²) in [4.78, 5) is 37.7. The highest BCUT2D eigenvalue weighted by molar-refractivity contribution is 9.10. The fourth-order valence-electron chi connectivity index (χ4n) is 2.77. The SMILES string of the molecule is O=C(CSc1cccc(NC(=O)c2c(Cl)c(Cl)c(Cl)c(Cl)c2C(=O)O)c1)c1ccc(Br)cc1. The van der Waals surface area contributed by atoms with Crippen LogP contribution in [0.4, 0.5) is 5.69 Å². The number of carboxylic acid groups (broad SMARTS) is 1. The number of carbonyl (C=O) groups excluding carboxylic acids is 2. The van der Waals surface area contributed by atoms with E-state index in [1.54, 1.807) is 48.5 Å². The number of halogens is 5. The Labute approximate surface area is 221 Å². The summed E-state index contributed by atoms with van der Waals surface area (Å²) in [5.74, 6) is -2.17. The van der Waals surface area contributed by atoms with Gasteiger partial charge in [-0.25, -0.2) is 4.79 Å². The second-order valence-electron chi connectivity index (χ2n) is 6.51. The number of hydrogen-bond acceptors (Lipinski definition) is 4. The van der Waals surface area contributed by atoms with Gasteiger partial charge in [0, 0.05) is 20.6 Å². The molecule has 0 aliphatic heterocycles. The summed E-state index contributed by atoms with van der Waals surface area (Å²) < 4.78 is 0.879. The number of nitrogens with one attached hydrogen (secondary N) is 1. The summed E-state index contributed by atoms with van der Waals surface area (Å²) in [6, 6.07) is 13.8. The number of benzene rings is 3. The molecule has 3 aromatic carbocycles. The van der Waals surface area contributed by atoms with Crippen molar-refractivity contribution in [3.05, 3.63) is 89.8 Å². The average Bonchev–Trinajstić information content (AvgIpc) is 2.78. The number of carbonyl (C=O) groups is 3. The van der Waals surface area contributed by atoms with E-state index in [9.17, 15) is 19.5 Å². The molecule has 0 atom stereocenters. The summed E-state index contributed by atoms with van der Waals surface area (Å²) in [5.41, 5.74) is -0.0237. The summed E-state index contributed by atoms with van der Waals surface area (Å²) in [6.45, 7) is 0. The van der Waals surface area contributed by atoms with Gasteiger partial charge in [-0.15, -0.1) is 11.8 Å². The van der Waals surface area contributed by atoms with E-state index < -0.39 is 23.0 Å². The van der Waals surface area contributed by atoms with Crippen molar-refractivity contribution in [2.75, 3.05) is 11.1 Å². The van der Waals surface area contributed by atoms with Gasteiger partial charge in [-0.3, -0.25) is 9.59 Å². The molecule has 0 unspecified atom stereocenters. The Hall–Kier alpha value is -1.74. The first-order valence-electron chi connectivity index (χ1n) is 9.02. The van der Waals surface area contributed by atoms with Gasteiger partial charge in [0.05, 0.1) is 37.0 Å².